The van der Waals surface area contributed by atoms with Crippen LogP contribution in [0.3, 0.4) is 0 Å². The zero-order valence-corrected chi connectivity index (χ0v) is 11.4. The van der Waals surface area contributed by atoms with Gasteiger partial charge in [-0.1, -0.05) is 26.0 Å². The molecule has 0 heterocycles. The van der Waals surface area contributed by atoms with Gasteiger partial charge in [-0.05, 0) is 37.8 Å². The lowest BCUT2D eigenvalue weighted by molar-refractivity contribution is 0.305. The summed E-state index contributed by atoms with van der Waals surface area (Å²) in [4.78, 5) is 2.32. The number of ether oxygens (including phenoxy) is 1. The number of methoxy groups -OCH3 is 1. The second-order valence-electron chi connectivity index (χ2n) is 4.24. The van der Waals surface area contributed by atoms with Gasteiger partial charge in [0.2, 0.25) is 0 Å². The zero-order chi connectivity index (χ0) is 12.7. The molecule has 0 aliphatic rings. The average Bonchev–Trinajstić information content (AvgIpc) is 2.38. The molecule has 1 rings (SSSR count). The van der Waals surface area contributed by atoms with Crippen LogP contribution in [-0.4, -0.2) is 38.7 Å². The molecule has 0 saturated heterocycles. The van der Waals surface area contributed by atoms with Crippen LogP contribution in [-0.2, 0) is 0 Å². The van der Waals surface area contributed by atoms with Gasteiger partial charge in [-0.3, -0.25) is 0 Å². The minimum atomic E-state index is 0.385. The Morgan fingerprint density at radius 3 is 2.35 bits per heavy atom. The Kier molecular flexibility index (Phi) is 6.01. The Balaban J connectivity index is 2.73. The average molecular weight is 236 g/mol. The van der Waals surface area contributed by atoms with Gasteiger partial charge in [0.15, 0.2) is 0 Å². The van der Waals surface area contributed by atoms with Gasteiger partial charge in [-0.2, -0.15) is 0 Å². The van der Waals surface area contributed by atoms with Crippen molar-refractivity contribution in [1.29, 1.82) is 0 Å². The minimum Gasteiger partial charge on any atom is -0.497 e. The molecule has 1 unspecified atom stereocenters. The van der Waals surface area contributed by atoms with E-state index in [1.807, 2.05) is 12.1 Å². The molecule has 3 nitrogen and oxygen atoms in total. The first-order valence-electron chi connectivity index (χ1n) is 6.27. The highest BCUT2D eigenvalue weighted by Crippen LogP contribution is 2.18. The largest absolute Gasteiger partial charge is 0.497 e. The second kappa shape index (κ2) is 7.30. The van der Waals surface area contributed by atoms with Crippen LogP contribution in [0.15, 0.2) is 24.3 Å². The highest BCUT2D eigenvalue weighted by Gasteiger charge is 2.11. The molecule has 1 aromatic rings. The smallest absolute Gasteiger partial charge is 0.118 e. The molecule has 0 saturated carbocycles. The van der Waals surface area contributed by atoms with E-state index in [1.54, 1.807) is 7.11 Å². The summed E-state index contributed by atoms with van der Waals surface area (Å²) < 4.78 is 5.18. The molecule has 1 aromatic carbocycles. The summed E-state index contributed by atoms with van der Waals surface area (Å²) in [6.07, 6.45) is 0. The maximum absolute atomic E-state index is 5.18. The van der Waals surface area contributed by atoms with Crippen molar-refractivity contribution in [3.05, 3.63) is 29.8 Å². The third-order valence-corrected chi connectivity index (χ3v) is 3.00. The third kappa shape index (κ3) is 4.36. The van der Waals surface area contributed by atoms with Crippen molar-refractivity contribution in [2.24, 2.45) is 0 Å². The van der Waals surface area contributed by atoms with E-state index in [0.717, 1.165) is 25.4 Å². The van der Waals surface area contributed by atoms with Crippen LogP contribution in [0.4, 0.5) is 0 Å². The monoisotopic (exact) mass is 236 g/mol. The second-order valence-corrected chi connectivity index (χ2v) is 4.24. The molecule has 0 aliphatic carbocycles. The standard InChI is InChI=1S/C14H24N2O/c1-5-15-14(11-16(3)6-2)12-7-9-13(17-4)10-8-12/h7-10,14-15H,5-6,11H2,1-4H3. The molecule has 0 aliphatic heterocycles. The van der Waals surface area contributed by atoms with Gasteiger partial charge in [-0.25, -0.2) is 0 Å². The maximum atomic E-state index is 5.18. The highest BCUT2D eigenvalue weighted by molar-refractivity contribution is 5.29. The normalized spacial score (nSPS) is 12.8. The van der Waals surface area contributed by atoms with Crippen LogP contribution in [0.5, 0.6) is 5.75 Å². The lowest BCUT2D eigenvalue weighted by Crippen LogP contribution is -2.32. The van der Waals surface area contributed by atoms with Crippen molar-refractivity contribution in [1.82, 2.24) is 10.2 Å². The Hall–Kier alpha value is -1.06. The van der Waals surface area contributed by atoms with Crippen molar-refractivity contribution in [3.8, 4) is 5.75 Å². The summed E-state index contributed by atoms with van der Waals surface area (Å²) >= 11 is 0. The van der Waals surface area contributed by atoms with E-state index in [4.69, 9.17) is 4.74 Å². The number of hydrogen-bond acceptors (Lipinski definition) is 3. The van der Waals surface area contributed by atoms with E-state index in [2.05, 4.69) is 43.2 Å². The number of hydrogen-bond donors (Lipinski definition) is 1. The van der Waals surface area contributed by atoms with Crippen molar-refractivity contribution in [2.45, 2.75) is 19.9 Å². The summed E-state index contributed by atoms with van der Waals surface area (Å²) in [6, 6.07) is 8.69. The Bertz CT molecular complexity index is 311. The third-order valence-electron chi connectivity index (χ3n) is 3.00. The number of likely N-dealkylation sites (N-methyl/N-ethyl adjacent to an activating group) is 2. The molecule has 1 atom stereocenters. The van der Waals surface area contributed by atoms with Crippen molar-refractivity contribution >= 4 is 0 Å². The van der Waals surface area contributed by atoms with E-state index in [-0.39, 0.29) is 0 Å². The first kappa shape index (κ1) is 14.0. The first-order valence-corrected chi connectivity index (χ1v) is 6.27. The Morgan fingerprint density at radius 1 is 1.24 bits per heavy atom. The Morgan fingerprint density at radius 2 is 1.88 bits per heavy atom. The number of nitrogens with zero attached hydrogens (tertiary/aromatic N) is 1. The van der Waals surface area contributed by atoms with E-state index in [0.29, 0.717) is 6.04 Å². The molecule has 17 heavy (non-hydrogen) atoms. The minimum absolute atomic E-state index is 0.385. The van der Waals surface area contributed by atoms with Crippen LogP contribution >= 0.6 is 0 Å². The van der Waals surface area contributed by atoms with Crippen molar-refractivity contribution < 1.29 is 4.74 Å². The number of benzene rings is 1. The molecule has 0 amide bonds. The van der Waals surface area contributed by atoms with E-state index in [1.165, 1.54) is 5.56 Å². The van der Waals surface area contributed by atoms with Gasteiger partial charge in [0.05, 0.1) is 7.11 Å². The maximum Gasteiger partial charge on any atom is 0.118 e. The highest BCUT2D eigenvalue weighted by atomic mass is 16.5. The van der Waals surface area contributed by atoms with Crippen LogP contribution in [0.1, 0.15) is 25.5 Å². The molecule has 96 valence electrons. The predicted molar refractivity (Wildman–Crippen MR) is 72.6 cm³/mol. The predicted octanol–water partition coefficient (Wildman–Crippen LogP) is 2.30. The first-order chi connectivity index (χ1) is 8.21. The van der Waals surface area contributed by atoms with E-state index in [9.17, 15) is 0 Å². The van der Waals surface area contributed by atoms with Crippen LogP contribution < -0.4 is 10.1 Å². The van der Waals surface area contributed by atoms with Crippen LogP contribution in [0.2, 0.25) is 0 Å². The summed E-state index contributed by atoms with van der Waals surface area (Å²) in [6.45, 7) is 7.39. The molecular formula is C14H24N2O. The van der Waals surface area contributed by atoms with Crippen molar-refractivity contribution in [3.63, 3.8) is 0 Å². The Labute approximate surface area is 105 Å². The van der Waals surface area contributed by atoms with Crippen LogP contribution in [0, 0.1) is 0 Å². The van der Waals surface area contributed by atoms with Gasteiger partial charge in [0, 0.05) is 12.6 Å². The molecule has 0 spiro atoms. The van der Waals surface area contributed by atoms with Gasteiger partial charge >= 0.3 is 0 Å². The molecule has 0 fully saturated rings. The molecule has 0 bridgehead atoms. The van der Waals surface area contributed by atoms with Gasteiger partial charge < -0.3 is 15.0 Å². The van der Waals surface area contributed by atoms with Crippen molar-refractivity contribution in [2.75, 3.05) is 33.8 Å². The summed E-state index contributed by atoms with van der Waals surface area (Å²) in [5.74, 6) is 0.910. The fraction of sp³-hybridized carbons (Fsp3) is 0.571. The number of nitrogens with one attached hydrogen (secondary N) is 1. The quantitative estimate of drug-likeness (QED) is 0.786. The van der Waals surface area contributed by atoms with Gasteiger partial charge in [0.25, 0.3) is 0 Å². The van der Waals surface area contributed by atoms with E-state index >= 15 is 0 Å². The summed E-state index contributed by atoms with van der Waals surface area (Å²) in [7, 11) is 3.84. The molecule has 0 aromatic heterocycles. The topological polar surface area (TPSA) is 24.5 Å². The molecule has 1 N–H and O–H groups in total. The molecule has 3 heteroatoms. The fourth-order valence-corrected chi connectivity index (χ4v) is 1.81. The number of rotatable bonds is 7. The molecular weight excluding hydrogens is 212 g/mol. The fourth-order valence-electron chi connectivity index (χ4n) is 1.81. The van der Waals surface area contributed by atoms with Gasteiger partial charge in [-0.15, -0.1) is 0 Å². The lowest BCUT2D eigenvalue weighted by atomic mass is 10.1. The summed E-state index contributed by atoms with van der Waals surface area (Å²) in [5.41, 5.74) is 1.31. The molecule has 0 radical (unpaired) electrons. The zero-order valence-electron chi connectivity index (χ0n) is 11.4. The van der Waals surface area contributed by atoms with Gasteiger partial charge in [0.1, 0.15) is 5.75 Å². The lowest BCUT2D eigenvalue weighted by Gasteiger charge is -2.24. The summed E-state index contributed by atoms with van der Waals surface area (Å²) in [5, 5.41) is 3.52. The van der Waals surface area contributed by atoms with Crippen LogP contribution in [0.25, 0.3) is 0 Å². The van der Waals surface area contributed by atoms with E-state index < -0.39 is 0 Å². The SMILES string of the molecule is CCNC(CN(C)CC)c1ccc(OC)cc1.